The number of rotatable bonds is 2. The maximum atomic E-state index is 11.5. The van der Waals surface area contributed by atoms with E-state index in [9.17, 15) is 4.79 Å². The van der Waals surface area contributed by atoms with Gasteiger partial charge in [-0.25, -0.2) is 0 Å². The van der Waals surface area contributed by atoms with Crippen LogP contribution >= 0.6 is 0 Å². The Morgan fingerprint density at radius 2 is 2.00 bits per heavy atom. The van der Waals surface area contributed by atoms with Gasteiger partial charge in [0.05, 0.1) is 0 Å². The van der Waals surface area contributed by atoms with Crippen molar-refractivity contribution in [1.82, 2.24) is 0 Å². The van der Waals surface area contributed by atoms with Gasteiger partial charge < -0.3 is 0 Å². The summed E-state index contributed by atoms with van der Waals surface area (Å²) < 4.78 is 0. The molecule has 2 atom stereocenters. The van der Waals surface area contributed by atoms with Crippen molar-refractivity contribution < 1.29 is 4.79 Å². The van der Waals surface area contributed by atoms with Crippen molar-refractivity contribution in [3.8, 4) is 0 Å². The van der Waals surface area contributed by atoms with E-state index in [2.05, 4.69) is 6.92 Å². The predicted molar refractivity (Wildman–Crippen MR) is 50.9 cm³/mol. The van der Waals surface area contributed by atoms with Gasteiger partial charge in [0.15, 0.2) is 5.78 Å². The quantitative estimate of drug-likeness (QED) is 0.576. The Balaban J connectivity index is 2.49. The summed E-state index contributed by atoms with van der Waals surface area (Å²) in [6.45, 7) is 6.20. The lowest BCUT2D eigenvalue weighted by atomic mass is 10.00. The van der Waals surface area contributed by atoms with Crippen LogP contribution in [0.15, 0.2) is 11.6 Å². The number of ketones is 1. The maximum Gasteiger partial charge on any atom is 0.158 e. The molecule has 0 bridgehead atoms. The zero-order valence-electron chi connectivity index (χ0n) is 8.26. The third kappa shape index (κ3) is 2.47. The van der Waals surface area contributed by atoms with E-state index in [4.69, 9.17) is 0 Å². The lowest BCUT2D eigenvalue weighted by molar-refractivity contribution is -0.118. The molecule has 2 unspecified atom stereocenters. The average molecular weight is 166 g/mol. The molecule has 0 radical (unpaired) electrons. The van der Waals surface area contributed by atoms with Crippen LogP contribution in [0.4, 0.5) is 0 Å². The number of hydrogen-bond donors (Lipinski definition) is 0. The summed E-state index contributed by atoms with van der Waals surface area (Å²) >= 11 is 0. The molecular formula is C11H18O. The van der Waals surface area contributed by atoms with Crippen LogP contribution in [0.1, 0.15) is 40.0 Å². The number of carbonyl (C=O) groups is 1. The van der Waals surface area contributed by atoms with Gasteiger partial charge in [0.1, 0.15) is 0 Å². The molecule has 1 aliphatic rings. The summed E-state index contributed by atoms with van der Waals surface area (Å²) in [7, 11) is 0. The number of allylic oxidation sites excluding steroid dienone is 2. The van der Waals surface area contributed by atoms with Gasteiger partial charge in [0, 0.05) is 5.92 Å². The molecule has 0 aromatic carbocycles. The molecular weight excluding hydrogens is 148 g/mol. The van der Waals surface area contributed by atoms with Gasteiger partial charge in [-0.3, -0.25) is 4.79 Å². The number of hydrogen-bond acceptors (Lipinski definition) is 1. The molecule has 0 N–H and O–H groups in total. The summed E-state index contributed by atoms with van der Waals surface area (Å²) in [6, 6.07) is 0. The molecule has 1 fully saturated rings. The first-order valence-electron chi connectivity index (χ1n) is 4.78. The summed E-state index contributed by atoms with van der Waals surface area (Å²) in [5.41, 5.74) is 1.12. The minimum atomic E-state index is 0.329. The molecule has 0 aliphatic heterocycles. The van der Waals surface area contributed by atoms with Gasteiger partial charge in [-0.05, 0) is 45.1 Å². The van der Waals surface area contributed by atoms with E-state index in [0.29, 0.717) is 11.7 Å². The van der Waals surface area contributed by atoms with Crippen molar-refractivity contribution in [2.45, 2.75) is 40.0 Å². The third-order valence-corrected chi connectivity index (χ3v) is 2.53. The Morgan fingerprint density at radius 3 is 2.42 bits per heavy atom. The van der Waals surface area contributed by atoms with Gasteiger partial charge in [-0.1, -0.05) is 12.5 Å². The lowest BCUT2D eigenvalue weighted by Crippen LogP contribution is -2.08. The van der Waals surface area contributed by atoms with Crippen LogP contribution in [0.5, 0.6) is 0 Å². The highest BCUT2D eigenvalue weighted by atomic mass is 16.1. The minimum absolute atomic E-state index is 0.329. The SMILES string of the molecule is CC(C)=CC(=O)C1CCC(C)C1. The molecule has 1 aliphatic carbocycles. The normalized spacial score (nSPS) is 28.6. The molecule has 0 aromatic rings. The van der Waals surface area contributed by atoms with Crippen LogP contribution in [0.2, 0.25) is 0 Å². The third-order valence-electron chi connectivity index (χ3n) is 2.53. The second kappa shape index (κ2) is 3.88. The van der Waals surface area contributed by atoms with Crippen LogP contribution in [0, 0.1) is 11.8 Å². The van der Waals surface area contributed by atoms with Crippen molar-refractivity contribution in [2.24, 2.45) is 11.8 Å². The number of carbonyl (C=O) groups excluding carboxylic acids is 1. The van der Waals surface area contributed by atoms with Gasteiger partial charge in [0.2, 0.25) is 0 Å². The van der Waals surface area contributed by atoms with E-state index in [1.807, 2.05) is 13.8 Å². The van der Waals surface area contributed by atoms with E-state index in [-0.39, 0.29) is 0 Å². The summed E-state index contributed by atoms with van der Waals surface area (Å²) in [4.78, 5) is 11.5. The first-order valence-corrected chi connectivity index (χ1v) is 4.78. The van der Waals surface area contributed by atoms with Crippen LogP contribution in [-0.4, -0.2) is 5.78 Å². The van der Waals surface area contributed by atoms with Crippen LogP contribution in [0.25, 0.3) is 0 Å². The molecule has 68 valence electrons. The fraction of sp³-hybridized carbons (Fsp3) is 0.727. The second-order valence-corrected chi connectivity index (χ2v) is 4.24. The lowest BCUT2D eigenvalue weighted by Gasteiger charge is -2.04. The van der Waals surface area contributed by atoms with Crippen LogP contribution in [0.3, 0.4) is 0 Å². The molecule has 0 aromatic heterocycles. The first-order chi connectivity index (χ1) is 5.59. The first kappa shape index (κ1) is 9.50. The van der Waals surface area contributed by atoms with E-state index in [1.165, 1.54) is 6.42 Å². The molecule has 1 rings (SSSR count). The Bertz CT molecular complexity index is 199. The molecule has 1 nitrogen and oxygen atoms in total. The van der Waals surface area contributed by atoms with Gasteiger partial charge in [0.25, 0.3) is 0 Å². The van der Waals surface area contributed by atoms with Gasteiger partial charge in [-0.2, -0.15) is 0 Å². The molecule has 0 amide bonds. The highest BCUT2D eigenvalue weighted by Crippen LogP contribution is 2.31. The molecule has 0 spiro atoms. The monoisotopic (exact) mass is 166 g/mol. The van der Waals surface area contributed by atoms with Crippen molar-refractivity contribution in [3.05, 3.63) is 11.6 Å². The Labute approximate surface area is 74.9 Å². The molecule has 0 saturated heterocycles. The van der Waals surface area contributed by atoms with Crippen molar-refractivity contribution >= 4 is 5.78 Å². The summed E-state index contributed by atoms with van der Waals surface area (Å²) in [5.74, 6) is 1.43. The highest BCUT2D eigenvalue weighted by molar-refractivity contribution is 5.92. The van der Waals surface area contributed by atoms with Gasteiger partial charge >= 0.3 is 0 Å². The smallest absolute Gasteiger partial charge is 0.158 e. The maximum absolute atomic E-state index is 11.5. The van der Waals surface area contributed by atoms with Crippen molar-refractivity contribution in [3.63, 3.8) is 0 Å². The van der Waals surface area contributed by atoms with E-state index >= 15 is 0 Å². The molecule has 1 heteroatoms. The average Bonchev–Trinajstić information content (AvgIpc) is 2.34. The standard InChI is InChI=1S/C11H18O/c1-8(2)6-11(12)10-5-4-9(3)7-10/h6,9-10H,4-5,7H2,1-3H3. The largest absolute Gasteiger partial charge is 0.295 e. The highest BCUT2D eigenvalue weighted by Gasteiger charge is 2.25. The fourth-order valence-electron chi connectivity index (χ4n) is 1.87. The second-order valence-electron chi connectivity index (χ2n) is 4.24. The Hall–Kier alpha value is -0.590. The fourth-order valence-corrected chi connectivity index (χ4v) is 1.87. The van der Waals surface area contributed by atoms with E-state index in [1.54, 1.807) is 6.08 Å². The zero-order chi connectivity index (χ0) is 9.14. The topological polar surface area (TPSA) is 17.1 Å². The molecule has 1 saturated carbocycles. The van der Waals surface area contributed by atoms with Crippen LogP contribution < -0.4 is 0 Å². The van der Waals surface area contributed by atoms with E-state index in [0.717, 1.165) is 24.3 Å². The Morgan fingerprint density at radius 1 is 1.33 bits per heavy atom. The van der Waals surface area contributed by atoms with Gasteiger partial charge in [-0.15, -0.1) is 0 Å². The summed E-state index contributed by atoms with van der Waals surface area (Å²) in [5, 5.41) is 0. The van der Waals surface area contributed by atoms with Crippen molar-refractivity contribution in [1.29, 1.82) is 0 Å². The zero-order valence-corrected chi connectivity index (χ0v) is 8.26. The summed E-state index contributed by atoms with van der Waals surface area (Å²) in [6.07, 6.45) is 5.22. The van der Waals surface area contributed by atoms with Crippen molar-refractivity contribution in [2.75, 3.05) is 0 Å². The van der Waals surface area contributed by atoms with Crippen LogP contribution in [-0.2, 0) is 4.79 Å². The minimum Gasteiger partial charge on any atom is -0.295 e. The molecule has 0 heterocycles. The predicted octanol–water partition coefficient (Wildman–Crippen LogP) is 2.96. The van der Waals surface area contributed by atoms with E-state index < -0.39 is 0 Å². The molecule has 12 heavy (non-hydrogen) atoms. The Kier molecular flexibility index (Phi) is 3.07.